The van der Waals surface area contributed by atoms with E-state index in [0.717, 1.165) is 37.9 Å². The molecule has 0 saturated carbocycles. The second kappa shape index (κ2) is 6.30. The van der Waals surface area contributed by atoms with E-state index in [-0.39, 0.29) is 0 Å². The van der Waals surface area contributed by atoms with E-state index in [1.807, 2.05) is 24.3 Å². The van der Waals surface area contributed by atoms with Crippen molar-refractivity contribution in [2.45, 2.75) is 38.5 Å². The average Bonchev–Trinajstić information content (AvgIpc) is 2.52. The molecule has 0 aromatic heterocycles. The second-order valence-electron chi connectivity index (χ2n) is 6.09. The molecule has 2 aromatic carbocycles. The van der Waals surface area contributed by atoms with Gasteiger partial charge in [0.15, 0.2) is 0 Å². The molecule has 1 aliphatic carbocycles. The lowest BCUT2D eigenvalue weighted by atomic mass is 9.79. The highest BCUT2D eigenvalue weighted by atomic mass is 16.3. The summed E-state index contributed by atoms with van der Waals surface area (Å²) in [6, 6.07) is 11.4. The molecule has 0 amide bonds. The first kappa shape index (κ1) is 14.8. The van der Waals surface area contributed by atoms with Crippen LogP contribution in [-0.4, -0.2) is 16.8 Å². The largest absolute Gasteiger partial charge is 0.508 e. The van der Waals surface area contributed by atoms with Gasteiger partial charge in [-0.05, 0) is 66.5 Å². The lowest BCUT2D eigenvalue weighted by Crippen LogP contribution is -2.15. The van der Waals surface area contributed by atoms with Crippen molar-refractivity contribution in [2.75, 3.05) is 11.9 Å². The summed E-state index contributed by atoms with van der Waals surface area (Å²) in [7, 11) is 0. The highest BCUT2D eigenvalue weighted by Crippen LogP contribution is 2.38. The molecule has 0 radical (unpaired) electrons. The minimum atomic E-state index is 0.309. The summed E-state index contributed by atoms with van der Waals surface area (Å²) >= 11 is 0. The van der Waals surface area contributed by atoms with E-state index >= 15 is 0 Å². The van der Waals surface area contributed by atoms with E-state index < -0.39 is 0 Å². The van der Waals surface area contributed by atoms with Crippen LogP contribution in [0.15, 0.2) is 36.4 Å². The Bertz CT molecular complexity index is 666. The Kier molecular flexibility index (Phi) is 4.23. The number of anilines is 1. The fraction of sp³-hybridized carbons (Fsp3) is 0.368. The Balaban J connectivity index is 1.87. The van der Waals surface area contributed by atoms with Gasteiger partial charge in [-0.3, -0.25) is 0 Å². The molecule has 0 aliphatic heterocycles. The molecule has 0 heterocycles. The van der Waals surface area contributed by atoms with Gasteiger partial charge in [0.1, 0.15) is 11.5 Å². The highest BCUT2D eigenvalue weighted by Gasteiger charge is 2.22. The zero-order valence-electron chi connectivity index (χ0n) is 13.0. The Morgan fingerprint density at radius 2 is 1.82 bits per heavy atom. The van der Waals surface area contributed by atoms with Gasteiger partial charge in [0, 0.05) is 18.3 Å². The van der Waals surface area contributed by atoms with Crippen LogP contribution in [0.1, 0.15) is 42.4 Å². The molecule has 3 N–H and O–H groups in total. The number of nitrogens with one attached hydrogen (secondary N) is 1. The van der Waals surface area contributed by atoms with Crippen LogP contribution in [0, 0.1) is 0 Å². The average molecular weight is 297 g/mol. The summed E-state index contributed by atoms with van der Waals surface area (Å²) in [5.74, 6) is 1.12. The summed E-state index contributed by atoms with van der Waals surface area (Å²) in [5, 5.41) is 22.8. The first-order valence-corrected chi connectivity index (χ1v) is 8.05. The molecule has 1 unspecified atom stereocenters. The minimum absolute atomic E-state index is 0.309. The van der Waals surface area contributed by atoms with Crippen LogP contribution in [0.2, 0.25) is 0 Å². The molecule has 116 valence electrons. The summed E-state index contributed by atoms with van der Waals surface area (Å²) in [5.41, 5.74) is 4.92. The summed E-state index contributed by atoms with van der Waals surface area (Å²) < 4.78 is 0. The topological polar surface area (TPSA) is 52.5 Å². The maximum Gasteiger partial charge on any atom is 0.117 e. The van der Waals surface area contributed by atoms with E-state index in [1.54, 1.807) is 12.1 Å². The third kappa shape index (κ3) is 3.03. The first-order chi connectivity index (χ1) is 10.7. The van der Waals surface area contributed by atoms with Crippen LogP contribution in [-0.2, 0) is 12.8 Å². The number of aromatic hydroxyl groups is 2. The van der Waals surface area contributed by atoms with E-state index in [9.17, 15) is 10.2 Å². The van der Waals surface area contributed by atoms with Gasteiger partial charge in [0.25, 0.3) is 0 Å². The van der Waals surface area contributed by atoms with Gasteiger partial charge < -0.3 is 15.5 Å². The summed E-state index contributed by atoms with van der Waals surface area (Å²) in [6.07, 6.45) is 4.10. The molecule has 3 heteroatoms. The van der Waals surface area contributed by atoms with E-state index in [1.165, 1.54) is 16.7 Å². The number of aryl methyl sites for hydroxylation is 1. The Labute approximate surface area is 131 Å². The molecular weight excluding hydrogens is 274 g/mol. The lowest BCUT2D eigenvalue weighted by Gasteiger charge is -2.27. The van der Waals surface area contributed by atoms with Gasteiger partial charge in [-0.2, -0.15) is 0 Å². The minimum Gasteiger partial charge on any atom is -0.508 e. The Hall–Kier alpha value is -2.16. The van der Waals surface area contributed by atoms with E-state index in [4.69, 9.17) is 0 Å². The van der Waals surface area contributed by atoms with Gasteiger partial charge in [0.05, 0.1) is 0 Å². The highest BCUT2D eigenvalue weighted by molar-refractivity contribution is 5.57. The van der Waals surface area contributed by atoms with Gasteiger partial charge in [-0.25, -0.2) is 0 Å². The maximum absolute atomic E-state index is 9.76. The fourth-order valence-electron chi connectivity index (χ4n) is 3.32. The predicted molar refractivity (Wildman–Crippen MR) is 89.8 cm³/mol. The molecule has 1 atom stereocenters. The Morgan fingerprint density at radius 3 is 2.64 bits per heavy atom. The van der Waals surface area contributed by atoms with Crippen LogP contribution in [0.5, 0.6) is 11.5 Å². The van der Waals surface area contributed by atoms with Crippen molar-refractivity contribution >= 4 is 5.69 Å². The second-order valence-corrected chi connectivity index (χ2v) is 6.09. The number of benzene rings is 2. The van der Waals surface area contributed by atoms with Crippen molar-refractivity contribution < 1.29 is 10.2 Å². The Morgan fingerprint density at radius 1 is 1.05 bits per heavy atom. The van der Waals surface area contributed by atoms with Gasteiger partial charge >= 0.3 is 0 Å². The van der Waals surface area contributed by atoms with Crippen molar-refractivity contribution in [3.05, 3.63) is 53.1 Å². The quantitative estimate of drug-likeness (QED) is 0.793. The van der Waals surface area contributed by atoms with Crippen LogP contribution >= 0.6 is 0 Å². The van der Waals surface area contributed by atoms with Crippen LogP contribution in [0.3, 0.4) is 0 Å². The predicted octanol–water partition coefficient (Wildman–Crippen LogP) is 4.19. The molecule has 1 aliphatic rings. The van der Waals surface area contributed by atoms with Gasteiger partial charge in [-0.1, -0.05) is 19.1 Å². The van der Waals surface area contributed by atoms with E-state index in [2.05, 4.69) is 12.2 Å². The molecule has 2 aromatic rings. The number of phenolic OH excluding ortho intramolecular Hbond substituents is 2. The standard InChI is InChI=1S/C19H23NO2/c1-2-9-20-19-12-17(22)7-8-18(19)15-4-3-14-11-16(21)6-5-13(14)10-15/h5-8,11-12,15,20-22H,2-4,9-10H2,1H3. The van der Waals surface area contributed by atoms with Gasteiger partial charge in [-0.15, -0.1) is 0 Å². The summed E-state index contributed by atoms with van der Waals surface area (Å²) in [4.78, 5) is 0. The third-order valence-electron chi connectivity index (χ3n) is 4.46. The molecule has 3 nitrogen and oxygen atoms in total. The van der Waals surface area contributed by atoms with Crippen LogP contribution in [0.25, 0.3) is 0 Å². The molecule has 3 rings (SSSR count). The van der Waals surface area contributed by atoms with Crippen molar-refractivity contribution in [3.8, 4) is 11.5 Å². The van der Waals surface area contributed by atoms with Crippen molar-refractivity contribution in [1.82, 2.24) is 0 Å². The van der Waals surface area contributed by atoms with Crippen molar-refractivity contribution in [1.29, 1.82) is 0 Å². The molecule has 0 saturated heterocycles. The zero-order valence-corrected chi connectivity index (χ0v) is 13.0. The number of hydrogen-bond acceptors (Lipinski definition) is 3. The fourth-order valence-corrected chi connectivity index (χ4v) is 3.32. The van der Waals surface area contributed by atoms with Crippen molar-refractivity contribution in [2.24, 2.45) is 0 Å². The number of hydrogen-bond donors (Lipinski definition) is 3. The third-order valence-corrected chi connectivity index (χ3v) is 4.46. The molecule has 0 bridgehead atoms. The first-order valence-electron chi connectivity index (χ1n) is 8.05. The number of rotatable bonds is 4. The SMILES string of the molecule is CCCNc1cc(O)ccc1C1CCc2cc(O)ccc2C1. The zero-order chi connectivity index (χ0) is 15.5. The maximum atomic E-state index is 9.76. The van der Waals surface area contributed by atoms with Crippen LogP contribution in [0.4, 0.5) is 5.69 Å². The lowest BCUT2D eigenvalue weighted by molar-refractivity contribution is 0.471. The molecule has 0 fully saturated rings. The molecular formula is C19H23NO2. The monoisotopic (exact) mass is 297 g/mol. The number of fused-ring (bicyclic) bond motifs is 1. The van der Waals surface area contributed by atoms with E-state index in [0.29, 0.717) is 17.4 Å². The van der Waals surface area contributed by atoms with Gasteiger partial charge in [0.2, 0.25) is 0 Å². The van der Waals surface area contributed by atoms with Crippen LogP contribution < -0.4 is 5.32 Å². The van der Waals surface area contributed by atoms with Crippen molar-refractivity contribution in [3.63, 3.8) is 0 Å². The summed E-state index contributed by atoms with van der Waals surface area (Å²) in [6.45, 7) is 3.05. The molecule has 0 spiro atoms. The normalized spacial score (nSPS) is 17.0. The number of phenols is 2. The smallest absolute Gasteiger partial charge is 0.117 e. The molecule has 22 heavy (non-hydrogen) atoms.